The number of cyclic esters (lactones) is 1. The van der Waals surface area contributed by atoms with Crippen LogP contribution in [0.15, 0.2) is 48.5 Å². The first-order valence-corrected chi connectivity index (χ1v) is 7.31. The Kier molecular flexibility index (Phi) is 2.96. The Hall–Kier alpha value is -2.62. The van der Waals surface area contributed by atoms with Crippen LogP contribution in [0, 0.1) is 5.92 Å². The Labute approximate surface area is 127 Å². The number of para-hydroxylation sites is 1. The van der Waals surface area contributed by atoms with Gasteiger partial charge in [0.25, 0.3) is 0 Å². The second kappa shape index (κ2) is 4.98. The van der Waals surface area contributed by atoms with E-state index < -0.39 is 12.0 Å². The molecular formula is C18H14O4. The summed E-state index contributed by atoms with van der Waals surface area (Å²) in [6, 6.07) is 14.8. The zero-order valence-corrected chi connectivity index (χ0v) is 11.8. The first kappa shape index (κ1) is 13.1. The fraction of sp³-hybridized carbons (Fsp3) is 0.222. The third kappa shape index (κ3) is 2.08. The molecule has 2 aliphatic heterocycles. The number of rotatable bonds is 1. The maximum atomic E-state index is 12.3. The molecule has 2 aromatic rings. The Morgan fingerprint density at radius 2 is 1.59 bits per heavy atom. The van der Waals surface area contributed by atoms with Crippen molar-refractivity contribution in [3.8, 4) is 5.75 Å². The van der Waals surface area contributed by atoms with Crippen molar-refractivity contribution in [2.75, 3.05) is 0 Å². The Bertz CT molecular complexity index is 765. The van der Waals surface area contributed by atoms with E-state index >= 15 is 0 Å². The summed E-state index contributed by atoms with van der Waals surface area (Å²) in [6.45, 7) is 0. The molecule has 0 aliphatic carbocycles. The number of benzene rings is 2. The van der Waals surface area contributed by atoms with Gasteiger partial charge in [0.05, 0.1) is 11.5 Å². The summed E-state index contributed by atoms with van der Waals surface area (Å²) in [5, 5.41) is 0. The van der Waals surface area contributed by atoms with Gasteiger partial charge in [0, 0.05) is 6.42 Å². The standard InChI is InChI=1S/C18H14O4/c19-17-13-7-3-1-5-11(13)10-16(22-17)14-9-12-6-2-4-8-15(12)21-18(14)20/h1-8,14,16H,9-10H2. The first-order valence-electron chi connectivity index (χ1n) is 7.31. The van der Waals surface area contributed by atoms with E-state index in [1.807, 2.05) is 36.4 Å². The van der Waals surface area contributed by atoms with Gasteiger partial charge in [-0.25, -0.2) is 4.79 Å². The molecule has 0 N–H and O–H groups in total. The van der Waals surface area contributed by atoms with Gasteiger partial charge in [-0.3, -0.25) is 4.79 Å². The minimum atomic E-state index is -0.469. The average Bonchev–Trinajstić information content (AvgIpc) is 2.54. The Morgan fingerprint density at radius 3 is 2.45 bits per heavy atom. The van der Waals surface area contributed by atoms with Crippen LogP contribution in [0.4, 0.5) is 0 Å². The summed E-state index contributed by atoms with van der Waals surface area (Å²) in [5.74, 6) is -0.534. The highest BCUT2D eigenvalue weighted by Crippen LogP contribution is 2.33. The van der Waals surface area contributed by atoms with Gasteiger partial charge < -0.3 is 9.47 Å². The van der Waals surface area contributed by atoms with Crippen molar-refractivity contribution in [3.63, 3.8) is 0 Å². The molecular weight excluding hydrogens is 280 g/mol. The van der Waals surface area contributed by atoms with Crippen LogP contribution >= 0.6 is 0 Å². The molecule has 2 aliphatic rings. The molecule has 2 unspecified atom stereocenters. The van der Waals surface area contributed by atoms with Crippen LogP contribution in [0.1, 0.15) is 21.5 Å². The predicted molar refractivity (Wildman–Crippen MR) is 78.6 cm³/mol. The molecule has 0 bridgehead atoms. The van der Waals surface area contributed by atoms with E-state index in [9.17, 15) is 9.59 Å². The molecule has 0 saturated carbocycles. The van der Waals surface area contributed by atoms with Crippen molar-refractivity contribution in [1.82, 2.24) is 0 Å². The lowest BCUT2D eigenvalue weighted by molar-refractivity contribution is -0.144. The molecule has 0 aromatic heterocycles. The van der Waals surface area contributed by atoms with E-state index in [0.717, 1.165) is 11.1 Å². The smallest absolute Gasteiger partial charge is 0.338 e. The molecule has 2 atom stereocenters. The number of ether oxygens (including phenoxy) is 2. The quantitative estimate of drug-likeness (QED) is 0.599. The second-order valence-corrected chi connectivity index (χ2v) is 5.64. The van der Waals surface area contributed by atoms with Crippen LogP contribution < -0.4 is 4.74 Å². The summed E-state index contributed by atoms with van der Waals surface area (Å²) < 4.78 is 10.9. The van der Waals surface area contributed by atoms with Gasteiger partial charge in [-0.2, -0.15) is 0 Å². The summed E-state index contributed by atoms with van der Waals surface area (Å²) in [6.07, 6.45) is 0.613. The molecule has 110 valence electrons. The second-order valence-electron chi connectivity index (χ2n) is 5.64. The molecule has 4 rings (SSSR count). The van der Waals surface area contributed by atoms with Gasteiger partial charge >= 0.3 is 11.9 Å². The Morgan fingerprint density at radius 1 is 0.864 bits per heavy atom. The van der Waals surface area contributed by atoms with Gasteiger partial charge in [0.1, 0.15) is 11.9 Å². The van der Waals surface area contributed by atoms with Crippen LogP contribution in [-0.4, -0.2) is 18.0 Å². The molecule has 2 aromatic carbocycles. The van der Waals surface area contributed by atoms with Gasteiger partial charge in [-0.1, -0.05) is 36.4 Å². The molecule has 2 heterocycles. The highest BCUT2D eigenvalue weighted by Gasteiger charge is 2.39. The highest BCUT2D eigenvalue weighted by molar-refractivity contribution is 5.92. The first-order chi connectivity index (χ1) is 10.7. The van der Waals surface area contributed by atoms with Crippen molar-refractivity contribution >= 4 is 11.9 Å². The third-order valence-electron chi connectivity index (χ3n) is 4.29. The van der Waals surface area contributed by atoms with Crippen molar-refractivity contribution in [1.29, 1.82) is 0 Å². The zero-order valence-electron chi connectivity index (χ0n) is 11.8. The van der Waals surface area contributed by atoms with Crippen molar-refractivity contribution < 1.29 is 19.1 Å². The maximum Gasteiger partial charge on any atom is 0.338 e. The number of hydrogen-bond acceptors (Lipinski definition) is 4. The zero-order chi connectivity index (χ0) is 15.1. The summed E-state index contributed by atoms with van der Waals surface area (Å²) in [5.41, 5.74) is 2.49. The van der Waals surface area contributed by atoms with Gasteiger partial charge in [0.2, 0.25) is 0 Å². The summed E-state index contributed by atoms with van der Waals surface area (Å²) in [7, 11) is 0. The fourth-order valence-corrected chi connectivity index (χ4v) is 3.14. The number of hydrogen-bond donors (Lipinski definition) is 0. The van der Waals surface area contributed by atoms with Crippen molar-refractivity contribution in [2.45, 2.75) is 18.9 Å². The average molecular weight is 294 g/mol. The lowest BCUT2D eigenvalue weighted by Crippen LogP contribution is -2.42. The van der Waals surface area contributed by atoms with Gasteiger partial charge in [0.15, 0.2) is 0 Å². The van der Waals surface area contributed by atoms with E-state index in [0.29, 0.717) is 24.2 Å². The molecule has 0 radical (unpaired) electrons. The SMILES string of the molecule is O=C1OC(C2Cc3ccccc3OC2=O)Cc2ccccc21. The molecule has 4 heteroatoms. The topological polar surface area (TPSA) is 52.6 Å². The van der Waals surface area contributed by atoms with Crippen LogP contribution in [0.2, 0.25) is 0 Å². The van der Waals surface area contributed by atoms with Crippen LogP contribution in [0.5, 0.6) is 5.75 Å². The van der Waals surface area contributed by atoms with Gasteiger partial charge in [-0.05, 0) is 29.7 Å². The number of carbonyl (C=O) groups excluding carboxylic acids is 2. The molecule has 0 amide bonds. The maximum absolute atomic E-state index is 12.3. The van der Waals surface area contributed by atoms with Crippen LogP contribution in [0.25, 0.3) is 0 Å². The van der Waals surface area contributed by atoms with Crippen molar-refractivity contribution in [3.05, 3.63) is 65.2 Å². The molecule has 0 saturated heterocycles. The number of esters is 2. The summed E-state index contributed by atoms with van der Waals surface area (Å²) >= 11 is 0. The molecule has 0 spiro atoms. The minimum Gasteiger partial charge on any atom is -0.457 e. The number of fused-ring (bicyclic) bond motifs is 2. The van der Waals surface area contributed by atoms with E-state index in [4.69, 9.17) is 9.47 Å². The summed E-state index contributed by atoms with van der Waals surface area (Å²) in [4.78, 5) is 24.4. The highest BCUT2D eigenvalue weighted by atomic mass is 16.6. The number of carbonyl (C=O) groups is 2. The lowest BCUT2D eigenvalue weighted by atomic mass is 9.86. The normalized spacial score (nSPS) is 23.1. The predicted octanol–water partition coefficient (Wildman–Crippen LogP) is 2.55. The van der Waals surface area contributed by atoms with Crippen LogP contribution in [-0.2, 0) is 22.4 Å². The van der Waals surface area contributed by atoms with E-state index in [2.05, 4.69) is 0 Å². The van der Waals surface area contributed by atoms with Crippen LogP contribution in [0.3, 0.4) is 0 Å². The third-order valence-corrected chi connectivity index (χ3v) is 4.29. The van der Waals surface area contributed by atoms with E-state index in [-0.39, 0.29) is 11.9 Å². The largest absolute Gasteiger partial charge is 0.457 e. The van der Waals surface area contributed by atoms with Gasteiger partial charge in [-0.15, -0.1) is 0 Å². The lowest BCUT2D eigenvalue weighted by Gasteiger charge is -2.32. The molecule has 4 nitrogen and oxygen atoms in total. The van der Waals surface area contributed by atoms with Crippen molar-refractivity contribution in [2.24, 2.45) is 5.92 Å². The van der Waals surface area contributed by atoms with E-state index in [1.54, 1.807) is 12.1 Å². The Balaban J connectivity index is 1.64. The minimum absolute atomic E-state index is 0.323. The molecule has 22 heavy (non-hydrogen) atoms. The van der Waals surface area contributed by atoms with E-state index in [1.165, 1.54) is 0 Å². The monoisotopic (exact) mass is 294 g/mol. The molecule has 0 fully saturated rings. The fourth-order valence-electron chi connectivity index (χ4n) is 3.14.